The quantitative estimate of drug-likeness (QED) is 0.787. The summed E-state index contributed by atoms with van der Waals surface area (Å²) in [7, 11) is 2.00. The fraction of sp³-hybridized carbons (Fsp3) is 0.417. The van der Waals surface area contributed by atoms with E-state index in [2.05, 4.69) is 28.4 Å². The molecule has 0 atom stereocenters. The van der Waals surface area contributed by atoms with E-state index in [1.807, 2.05) is 7.05 Å². The SMILES string of the molecule is CN(CN)CCc1ccc2c(c1)NC(=O)CS2. The van der Waals surface area contributed by atoms with Crippen LogP contribution in [0.1, 0.15) is 5.56 Å². The lowest BCUT2D eigenvalue weighted by atomic mass is 10.1. The summed E-state index contributed by atoms with van der Waals surface area (Å²) in [4.78, 5) is 14.5. The minimum Gasteiger partial charge on any atom is -0.324 e. The van der Waals surface area contributed by atoms with Gasteiger partial charge >= 0.3 is 0 Å². The molecule has 0 bridgehead atoms. The molecule has 0 aliphatic carbocycles. The van der Waals surface area contributed by atoms with Crippen LogP contribution in [0.2, 0.25) is 0 Å². The van der Waals surface area contributed by atoms with Gasteiger partial charge in [0, 0.05) is 18.1 Å². The second-order valence-electron chi connectivity index (χ2n) is 4.18. The zero-order valence-corrected chi connectivity index (χ0v) is 10.7. The minimum absolute atomic E-state index is 0.0822. The van der Waals surface area contributed by atoms with Crippen LogP contribution in [-0.2, 0) is 11.2 Å². The summed E-state index contributed by atoms with van der Waals surface area (Å²) in [6, 6.07) is 6.26. The maximum atomic E-state index is 11.3. The van der Waals surface area contributed by atoms with Gasteiger partial charge in [0.25, 0.3) is 0 Å². The number of nitrogens with zero attached hydrogens (tertiary/aromatic N) is 1. The molecule has 0 aromatic heterocycles. The van der Waals surface area contributed by atoms with Gasteiger partial charge in [-0.1, -0.05) is 6.07 Å². The highest BCUT2D eigenvalue weighted by molar-refractivity contribution is 8.00. The van der Waals surface area contributed by atoms with E-state index in [-0.39, 0.29) is 5.91 Å². The van der Waals surface area contributed by atoms with Gasteiger partial charge < -0.3 is 11.1 Å². The van der Waals surface area contributed by atoms with Crippen molar-refractivity contribution in [3.63, 3.8) is 0 Å². The van der Waals surface area contributed by atoms with Crippen molar-refractivity contribution in [2.45, 2.75) is 11.3 Å². The fourth-order valence-corrected chi connectivity index (χ4v) is 2.49. The van der Waals surface area contributed by atoms with Gasteiger partial charge in [-0.05, 0) is 31.2 Å². The first-order valence-corrected chi connectivity index (χ1v) is 6.62. The van der Waals surface area contributed by atoms with E-state index in [1.54, 1.807) is 11.8 Å². The standard InChI is InChI=1S/C12H17N3OS/c1-15(8-13)5-4-9-2-3-11-10(6-9)14-12(16)7-17-11/h2-3,6H,4-5,7-8,13H2,1H3,(H,14,16). The van der Waals surface area contributed by atoms with Crippen molar-refractivity contribution in [3.05, 3.63) is 23.8 Å². The van der Waals surface area contributed by atoms with Gasteiger partial charge in [0.15, 0.2) is 0 Å². The lowest BCUT2D eigenvalue weighted by Gasteiger charge is -2.18. The van der Waals surface area contributed by atoms with Gasteiger partial charge in [-0.3, -0.25) is 9.69 Å². The van der Waals surface area contributed by atoms with Crippen LogP contribution in [0.25, 0.3) is 0 Å². The van der Waals surface area contributed by atoms with Gasteiger partial charge in [0.2, 0.25) is 5.91 Å². The number of benzene rings is 1. The second-order valence-corrected chi connectivity index (χ2v) is 5.20. The summed E-state index contributed by atoms with van der Waals surface area (Å²) in [5.41, 5.74) is 7.70. The summed E-state index contributed by atoms with van der Waals surface area (Å²) in [5.74, 6) is 0.598. The molecule has 0 unspecified atom stereocenters. The van der Waals surface area contributed by atoms with Crippen LogP contribution >= 0.6 is 11.8 Å². The van der Waals surface area contributed by atoms with E-state index in [4.69, 9.17) is 5.73 Å². The van der Waals surface area contributed by atoms with Gasteiger partial charge in [-0.15, -0.1) is 11.8 Å². The van der Waals surface area contributed by atoms with E-state index in [0.29, 0.717) is 12.4 Å². The number of thioether (sulfide) groups is 1. The third kappa shape index (κ3) is 3.21. The molecule has 3 N–H and O–H groups in total. The Kier molecular flexibility index (Phi) is 4.04. The molecular formula is C12H17N3OS. The summed E-state index contributed by atoms with van der Waals surface area (Å²) >= 11 is 1.59. The highest BCUT2D eigenvalue weighted by Crippen LogP contribution is 2.31. The van der Waals surface area contributed by atoms with Crippen LogP contribution in [0.3, 0.4) is 0 Å². The predicted octanol–water partition coefficient (Wildman–Crippen LogP) is 1.12. The topological polar surface area (TPSA) is 58.4 Å². The molecule has 17 heavy (non-hydrogen) atoms. The molecule has 0 saturated carbocycles. The Morgan fingerprint density at radius 3 is 3.12 bits per heavy atom. The number of fused-ring (bicyclic) bond motifs is 1. The van der Waals surface area contributed by atoms with Crippen molar-refractivity contribution in [1.82, 2.24) is 4.90 Å². The Hall–Kier alpha value is -1.04. The van der Waals surface area contributed by atoms with E-state index in [1.165, 1.54) is 5.56 Å². The summed E-state index contributed by atoms with van der Waals surface area (Å²) in [6.07, 6.45) is 0.946. The molecule has 1 heterocycles. The smallest absolute Gasteiger partial charge is 0.234 e. The number of hydrogen-bond donors (Lipinski definition) is 2. The van der Waals surface area contributed by atoms with Crippen molar-refractivity contribution in [3.8, 4) is 0 Å². The number of anilines is 1. The van der Waals surface area contributed by atoms with E-state index in [0.717, 1.165) is 23.5 Å². The predicted molar refractivity (Wildman–Crippen MR) is 71.2 cm³/mol. The van der Waals surface area contributed by atoms with Gasteiger partial charge in [0.05, 0.1) is 11.4 Å². The minimum atomic E-state index is 0.0822. The van der Waals surface area contributed by atoms with Crippen LogP contribution in [0.15, 0.2) is 23.1 Å². The maximum absolute atomic E-state index is 11.3. The summed E-state index contributed by atoms with van der Waals surface area (Å²) in [5, 5.41) is 2.90. The molecule has 92 valence electrons. The number of nitrogens with one attached hydrogen (secondary N) is 1. The van der Waals surface area contributed by atoms with Crippen molar-refractivity contribution >= 4 is 23.4 Å². The number of carbonyl (C=O) groups excluding carboxylic acids is 1. The first-order valence-electron chi connectivity index (χ1n) is 5.63. The molecule has 1 aromatic rings. The molecule has 1 aliphatic heterocycles. The third-order valence-electron chi connectivity index (χ3n) is 2.77. The van der Waals surface area contributed by atoms with Gasteiger partial charge in [-0.25, -0.2) is 0 Å². The number of likely N-dealkylation sites (N-methyl/N-ethyl adjacent to an activating group) is 1. The van der Waals surface area contributed by atoms with E-state index >= 15 is 0 Å². The number of hydrogen-bond acceptors (Lipinski definition) is 4. The molecule has 0 spiro atoms. The molecule has 1 amide bonds. The van der Waals surface area contributed by atoms with Crippen molar-refractivity contribution < 1.29 is 4.79 Å². The van der Waals surface area contributed by atoms with Crippen LogP contribution in [0, 0.1) is 0 Å². The first-order chi connectivity index (χ1) is 8.19. The van der Waals surface area contributed by atoms with E-state index in [9.17, 15) is 4.79 Å². The fourth-order valence-electron chi connectivity index (χ4n) is 1.70. The Labute approximate surface area is 106 Å². The molecule has 0 fully saturated rings. The van der Waals surface area contributed by atoms with Crippen LogP contribution in [0.4, 0.5) is 5.69 Å². The Morgan fingerprint density at radius 2 is 2.35 bits per heavy atom. The van der Waals surface area contributed by atoms with Gasteiger partial charge in [0.1, 0.15) is 0 Å². The molecule has 5 heteroatoms. The molecular weight excluding hydrogens is 234 g/mol. The van der Waals surface area contributed by atoms with Crippen LogP contribution in [0.5, 0.6) is 0 Å². The molecule has 1 aliphatic rings. The average molecular weight is 251 g/mol. The monoisotopic (exact) mass is 251 g/mol. The number of rotatable bonds is 4. The zero-order chi connectivity index (χ0) is 12.3. The Bertz CT molecular complexity index is 422. The van der Waals surface area contributed by atoms with Crippen molar-refractivity contribution in [1.29, 1.82) is 0 Å². The third-order valence-corrected chi connectivity index (χ3v) is 3.84. The van der Waals surface area contributed by atoms with Crippen molar-refractivity contribution in [2.24, 2.45) is 5.73 Å². The number of carbonyl (C=O) groups is 1. The highest BCUT2D eigenvalue weighted by Gasteiger charge is 2.15. The summed E-state index contributed by atoms with van der Waals surface area (Å²) in [6.45, 7) is 1.49. The normalized spacial score (nSPS) is 14.6. The van der Waals surface area contributed by atoms with Crippen LogP contribution in [-0.4, -0.2) is 36.8 Å². The van der Waals surface area contributed by atoms with Crippen LogP contribution < -0.4 is 11.1 Å². The molecule has 0 saturated heterocycles. The van der Waals surface area contributed by atoms with E-state index < -0.39 is 0 Å². The molecule has 2 rings (SSSR count). The first kappa shape index (κ1) is 12.4. The summed E-state index contributed by atoms with van der Waals surface area (Å²) < 4.78 is 0. The lowest BCUT2D eigenvalue weighted by molar-refractivity contribution is -0.113. The van der Waals surface area contributed by atoms with Crippen molar-refractivity contribution in [2.75, 3.05) is 31.3 Å². The largest absolute Gasteiger partial charge is 0.324 e. The maximum Gasteiger partial charge on any atom is 0.234 e. The molecule has 4 nitrogen and oxygen atoms in total. The lowest BCUT2D eigenvalue weighted by Crippen LogP contribution is -2.27. The Balaban J connectivity index is 2.05. The Morgan fingerprint density at radius 1 is 1.53 bits per heavy atom. The average Bonchev–Trinajstić information content (AvgIpc) is 2.35. The second kappa shape index (κ2) is 5.53. The molecule has 0 radical (unpaired) electrons. The number of nitrogens with two attached hydrogens (primary N) is 1. The highest BCUT2D eigenvalue weighted by atomic mass is 32.2. The zero-order valence-electron chi connectivity index (χ0n) is 9.90. The molecule has 1 aromatic carbocycles. The van der Waals surface area contributed by atoms with Gasteiger partial charge in [-0.2, -0.15) is 0 Å². The number of amides is 1.